The normalized spacial score (nSPS) is 28.8. The standard InChI is InChI=1S/C15H22BN2O5.Li/c1-14(2,3)23-13(19)18-12-7-5-6-11(17-12)16-20-8-15(4,9-21-16)10-22-16;/h5-7H,8-10H2,1-4H3,(H,17,18,19);/q-1;+1. The van der Waals surface area contributed by atoms with Gasteiger partial charge < -0.3 is 18.7 Å². The molecule has 0 atom stereocenters. The van der Waals surface area contributed by atoms with Crippen molar-refractivity contribution in [3.63, 3.8) is 0 Å². The van der Waals surface area contributed by atoms with Crippen LogP contribution in [0, 0.1) is 5.41 Å². The maximum atomic E-state index is 11.9. The molecule has 0 aliphatic carbocycles. The van der Waals surface area contributed by atoms with Crippen LogP contribution in [0.5, 0.6) is 0 Å². The Morgan fingerprint density at radius 1 is 1.25 bits per heavy atom. The van der Waals surface area contributed by atoms with E-state index in [0.29, 0.717) is 31.2 Å². The first-order chi connectivity index (χ1) is 10.7. The minimum atomic E-state index is -2.03. The Labute approximate surface area is 154 Å². The summed E-state index contributed by atoms with van der Waals surface area (Å²) in [5.41, 5.74) is -0.146. The van der Waals surface area contributed by atoms with Crippen molar-refractivity contribution in [1.82, 2.24) is 4.98 Å². The average molecular weight is 328 g/mol. The molecule has 9 heteroatoms. The van der Waals surface area contributed by atoms with Gasteiger partial charge in [0.25, 0.3) is 0 Å². The summed E-state index contributed by atoms with van der Waals surface area (Å²) >= 11 is 0. The second-order valence-electron chi connectivity index (χ2n) is 7.46. The van der Waals surface area contributed by atoms with Crippen LogP contribution in [-0.2, 0) is 18.7 Å². The minimum Gasteiger partial charge on any atom is -0.539 e. The van der Waals surface area contributed by atoms with E-state index in [-0.39, 0.29) is 24.3 Å². The first kappa shape index (κ1) is 19.3. The van der Waals surface area contributed by atoms with E-state index >= 15 is 0 Å². The fraction of sp³-hybridized carbons (Fsp3) is 0.600. The van der Waals surface area contributed by atoms with Crippen LogP contribution in [0.25, 0.3) is 0 Å². The zero-order valence-electron chi connectivity index (χ0n) is 14.9. The molecule has 0 spiro atoms. The average Bonchev–Trinajstić information content (AvgIpc) is 2.46. The van der Waals surface area contributed by atoms with E-state index in [1.54, 1.807) is 39.0 Å². The van der Waals surface area contributed by atoms with Crippen LogP contribution in [0.1, 0.15) is 27.7 Å². The fourth-order valence-electron chi connectivity index (χ4n) is 2.58. The van der Waals surface area contributed by atoms with Gasteiger partial charge in [-0.3, -0.25) is 10.3 Å². The number of nitrogens with one attached hydrogen (secondary N) is 1. The smallest absolute Gasteiger partial charge is 0.539 e. The summed E-state index contributed by atoms with van der Waals surface area (Å²) in [4.78, 5) is 16.3. The summed E-state index contributed by atoms with van der Waals surface area (Å²) < 4.78 is 22.6. The molecule has 4 rings (SSSR count). The molecule has 0 radical (unpaired) electrons. The molecule has 3 aliphatic rings. The summed E-state index contributed by atoms with van der Waals surface area (Å²) in [6.45, 7) is 7.13. The van der Waals surface area contributed by atoms with E-state index in [4.69, 9.17) is 18.7 Å². The number of hydrogen-bond donors (Lipinski definition) is 1. The van der Waals surface area contributed by atoms with Crippen LogP contribution in [0.3, 0.4) is 0 Å². The van der Waals surface area contributed by atoms with E-state index in [9.17, 15) is 4.79 Å². The van der Waals surface area contributed by atoms with Crippen molar-refractivity contribution in [2.45, 2.75) is 33.3 Å². The largest absolute Gasteiger partial charge is 1.00 e. The molecule has 1 aromatic heterocycles. The van der Waals surface area contributed by atoms with Gasteiger partial charge >= 0.3 is 31.7 Å². The first-order valence-electron chi connectivity index (χ1n) is 7.73. The van der Waals surface area contributed by atoms with Gasteiger partial charge in [-0.1, -0.05) is 19.1 Å². The summed E-state index contributed by atoms with van der Waals surface area (Å²) in [6, 6.07) is 5.22. The second-order valence-corrected chi connectivity index (χ2v) is 7.46. The Bertz CT molecular complexity index is 598. The number of ether oxygens (including phenoxy) is 1. The summed E-state index contributed by atoms with van der Waals surface area (Å²) in [6.07, 6.45) is -0.560. The maximum Gasteiger partial charge on any atom is 1.00 e. The predicted molar refractivity (Wildman–Crippen MR) is 85.4 cm³/mol. The number of amides is 1. The Morgan fingerprint density at radius 3 is 2.38 bits per heavy atom. The molecule has 3 fully saturated rings. The quantitative estimate of drug-likeness (QED) is 0.677. The molecule has 1 aromatic rings. The van der Waals surface area contributed by atoms with Crippen molar-refractivity contribution in [1.29, 1.82) is 0 Å². The predicted octanol–water partition coefficient (Wildman–Crippen LogP) is -1.34. The molecule has 2 bridgehead atoms. The van der Waals surface area contributed by atoms with Gasteiger partial charge in [0.15, 0.2) is 0 Å². The maximum absolute atomic E-state index is 11.9. The van der Waals surface area contributed by atoms with Gasteiger partial charge in [0.2, 0.25) is 0 Å². The van der Waals surface area contributed by atoms with Gasteiger partial charge in [-0.2, -0.15) is 0 Å². The second kappa shape index (κ2) is 6.70. The summed E-state index contributed by atoms with van der Waals surface area (Å²) in [5, 5.41) is 2.61. The van der Waals surface area contributed by atoms with E-state index in [1.807, 2.05) is 0 Å². The zero-order valence-corrected chi connectivity index (χ0v) is 14.9. The molecule has 126 valence electrons. The molecule has 4 heterocycles. The molecule has 3 aliphatic heterocycles. The van der Waals surface area contributed by atoms with Crippen molar-refractivity contribution in [3.8, 4) is 0 Å². The van der Waals surface area contributed by atoms with Gasteiger partial charge in [0.1, 0.15) is 11.4 Å². The van der Waals surface area contributed by atoms with Crippen LogP contribution in [0.4, 0.5) is 10.6 Å². The van der Waals surface area contributed by atoms with Crippen LogP contribution < -0.4 is 29.8 Å². The summed E-state index contributed by atoms with van der Waals surface area (Å²) in [7, 11) is 0. The van der Waals surface area contributed by atoms with Gasteiger partial charge in [0, 0.05) is 25.2 Å². The SMILES string of the molecule is CC12CO[B-](c3cccc(NC(=O)OC(C)(C)C)n3)(OC1)OC2.[Li+]. The zero-order chi connectivity index (χ0) is 16.7. The van der Waals surface area contributed by atoms with Crippen LogP contribution in [0.2, 0.25) is 0 Å². The van der Waals surface area contributed by atoms with Crippen molar-refractivity contribution >= 4 is 24.3 Å². The first-order valence-corrected chi connectivity index (χ1v) is 7.73. The van der Waals surface area contributed by atoms with E-state index in [1.165, 1.54) is 0 Å². The Balaban J connectivity index is 0.00000208. The molecule has 1 amide bonds. The van der Waals surface area contributed by atoms with Crippen molar-refractivity contribution in [2.24, 2.45) is 5.41 Å². The molecule has 0 saturated carbocycles. The number of carbonyl (C=O) groups is 1. The molecule has 3 saturated heterocycles. The molecular weight excluding hydrogens is 306 g/mol. The van der Waals surface area contributed by atoms with E-state index < -0.39 is 18.4 Å². The van der Waals surface area contributed by atoms with Gasteiger partial charge in [-0.05, 0) is 32.4 Å². The van der Waals surface area contributed by atoms with Gasteiger partial charge in [0.05, 0.1) is 0 Å². The molecule has 7 nitrogen and oxygen atoms in total. The van der Waals surface area contributed by atoms with E-state index in [2.05, 4.69) is 17.2 Å². The fourth-order valence-corrected chi connectivity index (χ4v) is 2.58. The Morgan fingerprint density at radius 2 is 1.83 bits per heavy atom. The molecule has 24 heavy (non-hydrogen) atoms. The molecule has 0 aromatic carbocycles. The minimum absolute atomic E-state index is 0. The third-order valence-corrected chi connectivity index (χ3v) is 3.72. The summed E-state index contributed by atoms with van der Waals surface area (Å²) in [5.74, 6) is 0.364. The topological polar surface area (TPSA) is 78.9 Å². The number of anilines is 1. The van der Waals surface area contributed by atoms with Crippen LogP contribution in [-0.4, -0.2) is 43.3 Å². The Hall–Kier alpha value is -1.04. The van der Waals surface area contributed by atoms with Crippen LogP contribution in [0.15, 0.2) is 18.2 Å². The van der Waals surface area contributed by atoms with Crippen molar-refractivity contribution in [3.05, 3.63) is 18.2 Å². The Kier molecular flexibility index (Phi) is 5.38. The van der Waals surface area contributed by atoms with Gasteiger partial charge in [-0.15, -0.1) is 0 Å². The van der Waals surface area contributed by atoms with Crippen LogP contribution >= 0.6 is 0 Å². The number of fused-ring (bicyclic) bond motifs is 3. The molecular formula is C15H22BLiN2O5. The molecule has 0 unspecified atom stereocenters. The third-order valence-electron chi connectivity index (χ3n) is 3.72. The van der Waals surface area contributed by atoms with Crippen molar-refractivity contribution in [2.75, 3.05) is 25.1 Å². The number of nitrogens with zero attached hydrogens (tertiary/aromatic N) is 1. The number of aromatic nitrogens is 1. The number of carbonyl (C=O) groups excluding carboxylic acids is 1. The third kappa shape index (κ3) is 4.13. The van der Waals surface area contributed by atoms with Crippen molar-refractivity contribution < 1.29 is 42.4 Å². The number of pyridine rings is 1. The molecule has 1 N–H and O–H groups in total. The monoisotopic (exact) mass is 328 g/mol. The van der Waals surface area contributed by atoms with Gasteiger partial charge in [-0.25, -0.2) is 4.79 Å². The van der Waals surface area contributed by atoms with E-state index in [0.717, 1.165) is 0 Å². The number of hydrogen-bond acceptors (Lipinski definition) is 6. The number of rotatable bonds is 2.